The fourth-order valence-corrected chi connectivity index (χ4v) is 3.68. The molecular weight excluding hydrogens is 304 g/mol. The number of ether oxygens (including phenoxy) is 1. The maximum atomic E-state index is 12.5. The molecule has 0 aliphatic carbocycles. The number of hydrogen-bond acceptors (Lipinski definition) is 4. The summed E-state index contributed by atoms with van der Waals surface area (Å²) in [6.45, 7) is 5.72. The number of fused-ring (bicyclic) bond motifs is 3. The summed E-state index contributed by atoms with van der Waals surface area (Å²) in [5, 5.41) is 0. The standard InChI is InChI=1S/C18H22N4O2/c1-18(2,3)24-17(23)22-13-5-6-14(22)10-12(9-13)15-11-20-16-19-7-4-8-21(15)16/h4,7-9,11,13-14H,5-6,10H2,1-3H3. The zero-order valence-electron chi connectivity index (χ0n) is 14.3. The van der Waals surface area contributed by atoms with Crippen molar-refractivity contribution in [2.45, 2.75) is 57.7 Å². The number of carbonyl (C=O) groups excluding carboxylic acids is 1. The van der Waals surface area contributed by atoms with Gasteiger partial charge < -0.3 is 4.74 Å². The molecule has 6 heteroatoms. The first-order valence-corrected chi connectivity index (χ1v) is 8.43. The second-order valence-electron chi connectivity index (χ2n) is 7.52. The van der Waals surface area contributed by atoms with Gasteiger partial charge in [-0.1, -0.05) is 6.08 Å². The van der Waals surface area contributed by atoms with E-state index < -0.39 is 5.60 Å². The van der Waals surface area contributed by atoms with Gasteiger partial charge in [-0.05, 0) is 51.7 Å². The highest BCUT2D eigenvalue weighted by atomic mass is 16.6. The molecule has 4 rings (SSSR count). The van der Waals surface area contributed by atoms with Gasteiger partial charge in [-0.3, -0.25) is 9.30 Å². The van der Waals surface area contributed by atoms with E-state index in [9.17, 15) is 4.79 Å². The smallest absolute Gasteiger partial charge is 0.411 e. The SMILES string of the molecule is CC(C)(C)OC(=O)N1C2C=C(c3cnc4ncccn34)CC1CC2. The van der Waals surface area contributed by atoms with Crippen molar-refractivity contribution >= 4 is 17.4 Å². The van der Waals surface area contributed by atoms with Crippen LogP contribution < -0.4 is 0 Å². The number of nitrogens with zero attached hydrogens (tertiary/aromatic N) is 4. The minimum absolute atomic E-state index is 0.107. The number of carbonyl (C=O) groups is 1. The van der Waals surface area contributed by atoms with Crippen LogP contribution in [0.2, 0.25) is 0 Å². The lowest BCUT2D eigenvalue weighted by Gasteiger charge is -2.35. The molecule has 2 aliphatic rings. The monoisotopic (exact) mass is 326 g/mol. The van der Waals surface area contributed by atoms with E-state index in [0.717, 1.165) is 25.0 Å². The molecule has 1 saturated heterocycles. The van der Waals surface area contributed by atoms with E-state index in [1.54, 1.807) is 6.20 Å². The zero-order chi connectivity index (χ0) is 16.9. The Hall–Kier alpha value is -2.37. The molecule has 2 aromatic rings. The van der Waals surface area contributed by atoms with Crippen LogP contribution in [0.15, 0.2) is 30.7 Å². The molecule has 2 atom stereocenters. The Balaban J connectivity index is 1.63. The fourth-order valence-electron chi connectivity index (χ4n) is 3.68. The van der Waals surface area contributed by atoms with Crippen LogP contribution in [0.25, 0.3) is 11.4 Å². The van der Waals surface area contributed by atoms with E-state index in [4.69, 9.17) is 4.74 Å². The third kappa shape index (κ3) is 2.56. The molecule has 0 saturated carbocycles. The summed E-state index contributed by atoms with van der Waals surface area (Å²) in [5.74, 6) is 0.704. The zero-order valence-corrected chi connectivity index (χ0v) is 14.3. The normalized spacial score (nSPS) is 23.5. The summed E-state index contributed by atoms with van der Waals surface area (Å²) in [6, 6.07) is 2.21. The van der Waals surface area contributed by atoms with E-state index in [2.05, 4.69) is 16.0 Å². The fraction of sp³-hybridized carbons (Fsp3) is 0.500. The molecule has 2 aliphatic heterocycles. The minimum atomic E-state index is -0.464. The Bertz CT molecular complexity index is 818. The maximum Gasteiger partial charge on any atom is 0.411 e. The third-order valence-corrected chi connectivity index (χ3v) is 4.62. The van der Waals surface area contributed by atoms with Gasteiger partial charge in [0.2, 0.25) is 5.78 Å². The van der Waals surface area contributed by atoms with Crippen LogP contribution >= 0.6 is 0 Å². The number of aromatic nitrogens is 3. The highest BCUT2D eigenvalue weighted by molar-refractivity contribution is 5.74. The van der Waals surface area contributed by atoms with Crippen molar-refractivity contribution in [3.8, 4) is 0 Å². The molecule has 0 aromatic carbocycles. The van der Waals surface area contributed by atoms with Crippen LogP contribution in [0.5, 0.6) is 0 Å². The first-order valence-electron chi connectivity index (χ1n) is 8.43. The Morgan fingerprint density at radius 2 is 2.12 bits per heavy atom. The lowest BCUT2D eigenvalue weighted by Crippen LogP contribution is -2.45. The topological polar surface area (TPSA) is 59.7 Å². The van der Waals surface area contributed by atoms with Crippen LogP contribution in [-0.2, 0) is 4.74 Å². The van der Waals surface area contributed by atoms with E-state index in [-0.39, 0.29) is 18.2 Å². The molecule has 0 N–H and O–H groups in total. The Morgan fingerprint density at radius 3 is 2.88 bits per heavy atom. The third-order valence-electron chi connectivity index (χ3n) is 4.62. The molecule has 0 radical (unpaired) electrons. The van der Waals surface area contributed by atoms with Gasteiger partial charge in [0.1, 0.15) is 5.60 Å². The predicted octanol–water partition coefficient (Wildman–Crippen LogP) is 3.28. The lowest BCUT2D eigenvalue weighted by atomic mass is 9.99. The van der Waals surface area contributed by atoms with Crippen LogP contribution in [0.3, 0.4) is 0 Å². The van der Waals surface area contributed by atoms with E-state index in [1.807, 2.05) is 48.5 Å². The van der Waals surface area contributed by atoms with Gasteiger partial charge >= 0.3 is 6.09 Å². The van der Waals surface area contributed by atoms with Gasteiger partial charge in [-0.2, -0.15) is 0 Å². The van der Waals surface area contributed by atoms with Crippen LogP contribution in [0.4, 0.5) is 4.79 Å². The van der Waals surface area contributed by atoms with Crippen molar-refractivity contribution in [2.75, 3.05) is 0 Å². The number of imidazole rings is 1. The van der Waals surface area contributed by atoms with Gasteiger partial charge in [0.25, 0.3) is 0 Å². The summed E-state index contributed by atoms with van der Waals surface area (Å²) in [7, 11) is 0. The number of hydrogen-bond donors (Lipinski definition) is 0. The second-order valence-corrected chi connectivity index (χ2v) is 7.52. The summed E-state index contributed by atoms with van der Waals surface area (Å²) < 4.78 is 7.59. The Labute approximate surface area is 141 Å². The van der Waals surface area contributed by atoms with Gasteiger partial charge in [-0.15, -0.1) is 0 Å². The lowest BCUT2D eigenvalue weighted by molar-refractivity contribution is 0.0175. The molecule has 0 spiro atoms. The van der Waals surface area contributed by atoms with E-state index in [0.29, 0.717) is 5.78 Å². The summed E-state index contributed by atoms with van der Waals surface area (Å²) in [4.78, 5) is 23.1. The second kappa shape index (κ2) is 5.33. The Kier molecular flexibility index (Phi) is 3.37. The van der Waals surface area contributed by atoms with Crippen molar-refractivity contribution in [3.05, 3.63) is 36.4 Å². The largest absolute Gasteiger partial charge is 0.444 e. The first kappa shape index (κ1) is 15.2. The Morgan fingerprint density at radius 1 is 1.29 bits per heavy atom. The molecule has 1 fully saturated rings. The van der Waals surface area contributed by atoms with Crippen molar-refractivity contribution in [2.24, 2.45) is 0 Å². The van der Waals surface area contributed by atoms with Crippen molar-refractivity contribution in [1.82, 2.24) is 19.3 Å². The average molecular weight is 326 g/mol. The predicted molar refractivity (Wildman–Crippen MR) is 90.5 cm³/mol. The number of amides is 1. The van der Waals surface area contributed by atoms with Crippen LogP contribution in [0.1, 0.15) is 45.7 Å². The molecule has 2 unspecified atom stereocenters. The van der Waals surface area contributed by atoms with Crippen LogP contribution in [-0.4, -0.2) is 43.0 Å². The maximum absolute atomic E-state index is 12.5. The van der Waals surface area contributed by atoms with Crippen molar-refractivity contribution in [1.29, 1.82) is 0 Å². The molecule has 24 heavy (non-hydrogen) atoms. The highest BCUT2D eigenvalue weighted by Crippen LogP contribution is 2.39. The summed E-state index contributed by atoms with van der Waals surface area (Å²) in [6.07, 6.45) is 10.4. The van der Waals surface area contributed by atoms with Gasteiger partial charge in [0.05, 0.1) is 17.9 Å². The van der Waals surface area contributed by atoms with Crippen molar-refractivity contribution in [3.63, 3.8) is 0 Å². The van der Waals surface area contributed by atoms with Gasteiger partial charge in [-0.25, -0.2) is 14.8 Å². The minimum Gasteiger partial charge on any atom is -0.444 e. The molecule has 126 valence electrons. The van der Waals surface area contributed by atoms with Crippen LogP contribution in [0, 0.1) is 0 Å². The van der Waals surface area contributed by atoms with E-state index in [1.165, 1.54) is 5.57 Å². The number of rotatable bonds is 1. The molecule has 4 heterocycles. The quantitative estimate of drug-likeness (QED) is 0.807. The average Bonchev–Trinajstić information content (AvgIpc) is 3.05. The molecule has 2 aromatic heterocycles. The molecule has 1 amide bonds. The molecule has 6 nitrogen and oxygen atoms in total. The summed E-state index contributed by atoms with van der Waals surface area (Å²) in [5.41, 5.74) is 1.84. The van der Waals surface area contributed by atoms with Gasteiger partial charge in [0, 0.05) is 18.4 Å². The van der Waals surface area contributed by atoms with Gasteiger partial charge in [0.15, 0.2) is 0 Å². The summed E-state index contributed by atoms with van der Waals surface area (Å²) >= 11 is 0. The van der Waals surface area contributed by atoms with Crippen molar-refractivity contribution < 1.29 is 9.53 Å². The first-order chi connectivity index (χ1) is 11.4. The highest BCUT2D eigenvalue weighted by Gasteiger charge is 2.42. The molecular formula is C18H22N4O2. The van der Waals surface area contributed by atoms with E-state index >= 15 is 0 Å². The molecule has 2 bridgehead atoms.